The summed E-state index contributed by atoms with van der Waals surface area (Å²) in [5.41, 5.74) is 12.8. The molecule has 106 valence electrons. The van der Waals surface area contributed by atoms with Crippen molar-refractivity contribution < 1.29 is 4.92 Å². The molecule has 0 aliphatic carbocycles. The fraction of sp³-hybridized carbons (Fsp3) is 0.143. The fourth-order valence-electron chi connectivity index (χ4n) is 1.37. The summed E-state index contributed by atoms with van der Waals surface area (Å²) in [5.74, 6) is 0. The topological polar surface area (TPSA) is 95.2 Å². The van der Waals surface area contributed by atoms with Gasteiger partial charge in [0.15, 0.2) is 0 Å². The molecule has 0 spiro atoms. The molecule has 2 aromatic rings. The van der Waals surface area contributed by atoms with Gasteiger partial charge in [0.25, 0.3) is 5.69 Å². The number of benzene rings is 2. The van der Waals surface area contributed by atoms with E-state index in [1.54, 1.807) is 12.1 Å². The molecule has 0 saturated heterocycles. The van der Waals surface area contributed by atoms with Gasteiger partial charge in [-0.25, -0.2) is 0 Å². The zero-order valence-electron chi connectivity index (χ0n) is 10.8. The van der Waals surface area contributed by atoms with Crippen LogP contribution in [0, 0.1) is 10.1 Å². The highest BCUT2D eigenvalue weighted by molar-refractivity contribution is 6.30. The Morgan fingerprint density at radius 3 is 1.65 bits per heavy atom. The van der Waals surface area contributed by atoms with Crippen LogP contribution in [-0.2, 0) is 13.1 Å². The summed E-state index contributed by atoms with van der Waals surface area (Å²) in [6.45, 7) is 0.995. The maximum atomic E-state index is 10.2. The van der Waals surface area contributed by atoms with Crippen LogP contribution >= 0.6 is 11.6 Å². The van der Waals surface area contributed by atoms with Crippen molar-refractivity contribution >= 4 is 17.3 Å². The van der Waals surface area contributed by atoms with Gasteiger partial charge in [0.05, 0.1) is 4.92 Å². The number of hydrogen-bond donors (Lipinski definition) is 2. The molecule has 20 heavy (non-hydrogen) atoms. The third-order valence-corrected chi connectivity index (χ3v) is 2.78. The lowest BCUT2D eigenvalue weighted by molar-refractivity contribution is -0.384. The van der Waals surface area contributed by atoms with E-state index < -0.39 is 4.92 Å². The molecule has 2 aromatic carbocycles. The Kier molecular flexibility index (Phi) is 6.66. The molecule has 0 fully saturated rings. The third kappa shape index (κ3) is 5.36. The maximum Gasteiger partial charge on any atom is 0.269 e. The van der Waals surface area contributed by atoms with Gasteiger partial charge in [0, 0.05) is 30.2 Å². The van der Waals surface area contributed by atoms with E-state index in [0.717, 1.165) is 16.1 Å². The van der Waals surface area contributed by atoms with Crippen molar-refractivity contribution in [2.45, 2.75) is 13.1 Å². The Balaban J connectivity index is 0.000000204. The van der Waals surface area contributed by atoms with Crippen molar-refractivity contribution in [3.05, 3.63) is 74.8 Å². The van der Waals surface area contributed by atoms with Gasteiger partial charge in [-0.05, 0) is 23.3 Å². The van der Waals surface area contributed by atoms with E-state index >= 15 is 0 Å². The van der Waals surface area contributed by atoms with Crippen molar-refractivity contribution in [1.82, 2.24) is 0 Å². The first-order valence-electron chi connectivity index (χ1n) is 5.94. The molecule has 0 radical (unpaired) electrons. The summed E-state index contributed by atoms with van der Waals surface area (Å²) < 4.78 is 0. The first-order valence-corrected chi connectivity index (χ1v) is 6.32. The smallest absolute Gasteiger partial charge is 0.269 e. The molecule has 0 aromatic heterocycles. The van der Waals surface area contributed by atoms with E-state index in [-0.39, 0.29) is 5.69 Å². The Morgan fingerprint density at radius 2 is 1.30 bits per heavy atom. The minimum Gasteiger partial charge on any atom is -0.326 e. The Hall–Kier alpha value is -1.95. The molecule has 0 unspecified atom stereocenters. The lowest BCUT2D eigenvalue weighted by Crippen LogP contribution is -1.96. The molecular weight excluding hydrogens is 278 g/mol. The van der Waals surface area contributed by atoms with E-state index in [9.17, 15) is 10.1 Å². The van der Waals surface area contributed by atoms with E-state index in [4.69, 9.17) is 23.1 Å². The second-order valence-corrected chi connectivity index (χ2v) is 4.39. The van der Waals surface area contributed by atoms with Crippen LogP contribution in [-0.4, -0.2) is 4.92 Å². The van der Waals surface area contributed by atoms with Gasteiger partial charge >= 0.3 is 0 Å². The lowest BCUT2D eigenvalue weighted by Gasteiger charge is -1.93. The highest BCUT2D eigenvalue weighted by atomic mass is 35.5. The molecular formula is C14H16ClN3O2. The van der Waals surface area contributed by atoms with Gasteiger partial charge in [0.2, 0.25) is 0 Å². The normalized spacial score (nSPS) is 9.55. The van der Waals surface area contributed by atoms with Crippen LogP contribution in [0.3, 0.4) is 0 Å². The second-order valence-electron chi connectivity index (χ2n) is 3.96. The summed E-state index contributed by atoms with van der Waals surface area (Å²) in [7, 11) is 0. The second kappa shape index (κ2) is 8.27. The molecule has 0 aliphatic heterocycles. The molecule has 5 nitrogen and oxygen atoms in total. The quantitative estimate of drug-likeness (QED) is 0.672. The monoisotopic (exact) mass is 293 g/mol. The molecule has 0 amide bonds. The minimum absolute atomic E-state index is 0.0993. The Labute approximate surface area is 122 Å². The molecule has 0 atom stereocenters. The van der Waals surface area contributed by atoms with Crippen LogP contribution in [0.25, 0.3) is 0 Å². The van der Waals surface area contributed by atoms with Gasteiger partial charge in [0.1, 0.15) is 0 Å². The lowest BCUT2D eigenvalue weighted by atomic mass is 10.2. The van der Waals surface area contributed by atoms with Crippen LogP contribution in [0.15, 0.2) is 48.5 Å². The maximum absolute atomic E-state index is 10.2. The predicted octanol–water partition coefficient (Wildman–Crippen LogP) is 2.85. The van der Waals surface area contributed by atoms with Gasteiger partial charge in [-0.1, -0.05) is 35.9 Å². The minimum atomic E-state index is -0.430. The zero-order valence-corrected chi connectivity index (χ0v) is 11.6. The van der Waals surface area contributed by atoms with Gasteiger partial charge in [-0.15, -0.1) is 0 Å². The number of nitro groups is 1. The van der Waals surface area contributed by atoms with Crippen LogP contribution in [0.2, 0.25) is 5.02 Å². The largest absolute Gasteiger partial charge is 0.326 e. The number of rotatable bonds is 3. The summed E-state index contributed by atoms with van der Waals surface area (Å²) >= 11 is 5.63. The van der Waals surface area contributed by atoms with Crippen molar-refractivity contribution in [3.8, 4) is 0 Å². The zero-order chi connectivity index (χ0) is 15.0. The van der Waals surface area contributed by atoms with Gasteiger partial charge < -0.3 is 11.5 Å². The van der Waals surface area contributed by atoms with Crippen LogP contribution in [0.1, 0.15) is 11.1 Å². The average molecular weight is 294 g/mol. The molecule has 4 N–H and O–H groups in total. The summed E-state index contributed by atoms with van der Waals surface area (Å²) in [6, 6.07) is 13.7. The number of halogens is 1. The predicted molar refractivity (Wildman–Crippen MR) is 80.3 cm³/mol. The highest BCUT2D eigenvalue weighted by Crippen LogP contribution is 2.11. The van der Waals surface area contributed by atoms with E-state index in [0.29, 0.717) is 13.1 Å². The molecule has 0 bridgehead atoms. The summed E-state index contributed by atoms with van der Waals surface area (Å²) in [5, 5.41) is 10.9. The van der Waals surface area contributed by atoms with E-state index in [2.05, 4.69) is 0 Å². The third-order valence-electron chi connectivity index (χ3n) is 2.53. The summed E-state index contributed by atoms with van der Waals surface area (Å²) in [6.07, 6.45) is 0. The molecule has 2 rings (SSSR count). The van der Waals surface area contributed by atoms with Crippen LogP contribution in [0.5, 0.6) is 0 Å². The highest BCUT2D eigenvalue weighted by Gasteiger charge is 2.01. The number of nitrogens with two attached hydrogens (primary N) is 2. The summed E-state index contributed by atoms with van der Waals surface area (Å²) in [4.78, 5) is 9.74. The first kappa shape index (κ1) is 16.1. The van der Waals surface area contributed by atoms with E-state index in [1.807, 2.05) is 24.3 Å². The number of nitrogens with zero attached hydrogens (tertiary/aromatic N) is 1. The SMILES string of the molecule is NCc1ccc(Cl)cc1.NCc1ccc([N+](=O)[O-])cc1. The van der Waals surface area contributed by atoms with Crippen molar-refractivity contribution in [2.24, 2.45) is 11.5 Å². The fourth-order valence-corrected chi connectivity index (χ4v) is 1.50. The number of nitro benzene ring substituents is 1. The van der Waals surface area contributed by atoms with Crippen molar-refractivity contribution in [1.29, 1.82) is 0 Å². The first-order chi connectivity index (χ1) is 9.56. The Bertz CT molecular complexity index is 541. The standard InChI is InChI=1S/C7H8ClN.C7H8N2O2/c8-7-3-1-6(5-9)2-4-7;8-5-6-1-3-7(4-2-6)9(10)11/h1-4H,5,9H2;1-4H,5,8H2. The number of non-ortho nitro benzene ring substituents is 1. The molecule has 0 heterocycles. The van der Waals surface area contributed by atoms with Gasteiger partial charge in [-0.3, -0.25) is 10.1 Å². The average Bonchev–Trinajstić information content (AvgIpc) is 2.49. The van der Waals surface area contributed by atoms with Crippen molar-refractivity contribution in [3.63, 3.8) is 0 Å². The Morgan fingerprint density at radius 1 is 0.900 bits per heavy atom. The van der Waals surface area contributed by atoms with E-state index in [1.165, 1.54) is 12.1 Å². The van der Waals surface area contributed by atoms with Crippen LogP contribution in [0.4, 0.5) is 5.69 Å². The van der Waals surface area contributed by atoms with Gasteiger partial charge in [-0.2, -0.15) is 0 Å². The molecule has 0 saturated carbocycles. The van der Waals surface area contributed by atoms with Crippen molar-refractivity contribution in [2.75, 3.05) is 0 Å². The molecule has 6 heteroatoms. The van der Waals surface area contributed by atoms with Crippen LogP contribution < -0.4 is 11.5 Å². The number of hydrogen-bond acceptors (Lipinski definition) is 4. The molecule has 0 aliphatic rings.